The number of carbonyl (C=O) groups is 1. The molecule has 0 aromatic rings. The third-order valence-electron chi connectivity index (χ3n) is 6.82. The SMILES string of the molecule is CCCCCCCCCCCCCCCCCCCCCCC(=O)OC(CS(=O)(=O)[O-])(C(F)(F)F)C(F)(F)F. The lowest BCUT2D eigenvalue weighted by Crippen LogP contribution is -2.63. The highest BCUT2D eigenvalue weighted by atomic mass is 32.2. The summed E-state index contributed by atoms with van der Waals surface area (Å²) < 4.78 is 115. The van der Waals surface area contributed by atoms with Crippen molar-refractivity contribution >= 4 is 16.1 Å². The van der Waals surface area contributed by atoms with Crippen molar-refractivity contribution in [2.45, 2.75) is 160 Å². The number of halogens is 6. The van der Waals surface area contributed by atoms with Gasteiger partial charge in [0.1, 0.15) is 0 Å². The molecule has 12 heteroatoms. The van der Waals surface area contributed by atoms with Gasteiger partial charge in [0, 0.05) is 6.42 Å². The van der Waals surface area contributed by atoms with Gasteiger partial charge in [-0.1, -0.05) is 129 Å². The smallest absolute Gasteiger partial charge is 0.438 e. The van der Waals surface area contributed by atoms with Gasteiger partial charge in [-0.2, -0.15) is 26.3 Å². The zero-order valence-corrected chi connectivity index (χ0v) is 24.1. The maximum absolute atomic E-state index is 13.1. The van der Waals surface area contributed by atoms with Crippen molar-refractivity contribution < 1.29 is 48.8 Å². The van der Waals surface area contributed by atoms with Crippen LogP contribution in [0.4, 0.5) is 26.3 Å². The Morgan fingerprint density at radius 1 is 0.590 bits per heavy atom. The summed E-state index contributed by atoms with van der Waals surface area (Å²) in [7, 11) is -6.02. The standard InChI is InChI=1S/C27H48F6O5S/c1-2-3-4-5-6-7-8-9-10-11-12-13-14-15-16-17-18-19-20-21-22-24(34)38-25(26(28,29)30,27(31,32)33)23-39(35,36)37/h2-23H2,1H3,(H,35,36,37)/p-1. The molecule has 0 aromatic carbocycles. The molecule has 0 unspecified atom stereocenters. The normalized spacial score (nSPS) is 13.1. The first kappa shape index (κ1) is 38.0. The molecule has 0 saturated heterocycles. The van der Waals surface area contributed by atoms with E-state index in [1.54, 1.807) is 0 Å². The Bertz CT molecular complexity index is 724. The summed E-state index contributed by atoms with van der Waals surface area (Å²) >= 11 is 0. The second kappa shape index (κ2) is 19.9. The quantitative estimate of drug-likeness (QED) is 0.0479. The Labute approximate surface area is 230 Å². The maximum Gasteiger partial charge on any atom is 0.438 e. The first-order chi connectivity index (χ1) is 18.2. The van der Waals surface area contributed by atoms with Crippen LogP contribution in [0.2, 0.25) is 0 Å². The van der Waals surface area contributed by atoms with Crippen molar-refractivity contribution in [2.75, 3.05) is 5.75 Å². The molecule has 234 valence electrons. The fourth-order valence-corrected chi connectivity index (χ4v) is 5.37. The molecule has 0 spiro atoms. The van der Waals surface area contributed by atoms with Gasteiger partial charge < -0.3 is 9.29 Å². The van der Waals surface area contributed by atoms with Crippen LogP contribution in [0.3, 0.4) is 0 Å². The molecule has 0 heterocycles. The molecule has 0 aromatic heterocycles. The summed E-state index contributed by atoms with van der Waals surface area (Å²) in [5.74, 6) is -4.81. The first-order valence-corrected chi connectivity index (χ1v) is 16.0. The molecule has 39 heavy (non-hydrogen) atoms. The molecule has 0 bridgehead atoms. The Morgan fingerprint density at radius 3 is 1.13 bits per heavy atom. The van der Waals surface area contributed by atoms with Crippen LogP contribution in [0.5, 0.6) is 0 Å². The van der Waals surface area contributed by atoms with Gasteiger partial charge in [0.15, 0.2) is 0 Å². The summed E-state index contributed by atoms with van der Waals surface area (Å²) in [6, 6.07) is 0. The van der Waals surface area contributed by atoms with E-state index in [1.165, 1.54) is 83.5 Å². The summed E-state index contributed by atoms with van der Waals surface area (Å²) in [6.07, 6.45) is 8.50. The minimum absolute atomic E-state index is 0.00634. The number of esters is 1. The highest BCUT2D eigenvalue weighted by Crippen LogP contribution is 2.47. The molecule has 0 fully saturated rings. The number of unbranched alkanes of at least 4 members (excludes halogenated alkanes) is 19. The van der Waals surface area contributed by atoms with E-state index >= 15 is 0 Å². The lowest BCUT2D eigenvalue weighted by molar-refractivity contribution is -0.361. The van der Waals surface area contributed by atoms with Crippen molar-refractivity contribution in [2.24, 2.45) is 0 Å². The van der Waals surface area contributed by atoms with Crippen LogP contribution in [0.15, 0.2) is 0 Å². The minimum atomic E-state index is -6.33. The molecule has 5 nitrogen and oxygen atoms in total. The van der Waals surface area contributed by atoms with Crippen LogP contribution in [0.1, 0.15) is 142 Å². The Balaban J connectivity index is 3.89. The average Bonchev–Trinajstić information content (AvgIpc) is 2.80. The van der Waals surface area contributed by atoms with E-state index in [1.807, 2.05) is 0 Å². The zero-order valence-electron chi connectivity index (χ0n) is 23.3. The van der Waals surface area contributed by atoms with E-state index in [9.17, 15) is 44.1 Å². The van der Waals surface area contributed by atoms with E-state index in [0.717, 1.165) is 25.7 Å². The van der Waals surface area contributed by atoms with Gasteiger partial charge in [-0.15, -0.1) is 0 Å². The van der Waals surface area contributed by atoms with Crippen molar-refractivity contribution in [3.05, 3.63) is 0 Å². The highest BCUT2D eigenvalue weighted by Gasteiger charge is 2.75. The summed E-state index contributed by atoms with van der Waals surface area (Å²) in [5, 5.41) is 0. The second-order valence-corrected chi connectivity index (χ2v) is 11.9. The number of ether oxygens (including phenoxy) is 1. The lowest BCUT2D eigenvalue weighted by Gasteiger charge is -2.36. The van der Waals surface area contributed by atoms with E-state index in [4.69, 9.17) is 0 Å². The third kappa shape index (κ3) is 18.1. The van der Waals surface area contributed by atoms with Gasteiger partial charge in [0.25, 0.3) is 0 Å². The van der Waals surface area contributed by atoms with Crippen LogP contribution in [-0.4, -0.2) is 42.6 Å². The van der Waals surface area contributed by atoms with Crippen LogP contribution in [-0.2, 0) is 19.6 Å². The molecule has 0 atom stereocenters. The molecule has 0 aliphatic carbocycles. The second-order valence-electron chi connectivity index (χ2n) is 10.5. The molecule has 0 rings (SSSR count). The Kier molecular flexibility index (Phi) is 19.4. The van der Waals surface area contributed by atoms with Gasteiger partial charge in [-0.25, -0.2) is 8.42 Å². The minimum Gasteiger partial charge on any atom is -0.748 e. The summed E-state index contributed by atoms with van der Waals surface area (Å²) in [6.45, 7) is 2.23. The number of hydrogen-bond acceptors (Lipinski definition) is 5. The van der Waals surface area contributed by atoms with Crippen molar-refractivity contribution in [1.82, 2.24) is 0 Å². The fourth-order valence-electron chi connectivity index (χ4n) is 4.49. The molecule has 0 radical (unpaired) electrons. The topological polar surface area (TPSA) is 83.5 Å². The number of rotatable bonds is 24. The monoisotopic (exact) mass is 597 g/mol. The Hall–Kier alpha value is -1.04. The fraction of sp³-hybridized carbons (Fsp3) is 0.963. The van der Waals surface area contributed by atoms with Crippen LogP contribution < -0.4 is 0 Å². The van der Waals surface area contributed by atoms with Crippen LogP contribution >= 0.6 is 0 Å². The van der Waals surface area contributed by atoms with E-state index in [0.29, 0.717) is 12.8 Å². The average molecular weight is 598 g/mol. The molecule has 0 saturated carbocycles. The molecule has 0 N–H and O–H groups in total. The van der Waals surface area contributed by atoms with Gasteiger partial charge >= 0.3 is 23.9 Å². The van der Waals surface area contributed by atoms with Gasteiger partial charge in [-0.05, 0) is 6.42 Å². The maximum atomic E-state index is 13.1. The van der Waals surface area contributed by atoms with Gasteiger partial charge in [0.2, 0.25) is 0 Å². The molecule has 0 aliphatic heterocycles. The zero-order chi connectivity index (χ0) is 29.8. The largest absolute Gasteiger partial charge is 0.748 e. The van der Waals surface area contributed by atoms with E-state index < -0.39 is 46.2 Å². The van der Waals surface area contributed by atoms with Gasteiger partial charge in [-0.3, -0.25) is 4.79 Å². The predicted molar refractivity (Wildman–Crippen MR) is 138 cm³/mol. The Morgan fingerprint density at radius 2 is 0.872 bits per heavy atom. The van der Waals surface area contributed by atoms with E-state index in [-0.39, 0.29) is 6.42 Å². The third-order valence-corrected chi connectivity index (χ3v) is 7.58. The van der Waals surface area contributed by atoms with Crippen molar-refractivity contribution in [3.8, 4) is 0 Å². The highest BCUT2D eigenvalue weighted by molar-refractivity contribution is 7.85. The number of hydrogen-bond donors (Lipinski definition) is 0. The van der Waals surface area contributed by atoms with Crippen molar-refractivity contribution in [3.63, 3.8) is 0 Å². The molecule has 0 amide bonds. The first-order valence-electron chi connectivity index (χ1n) is 14.4. The van der Waals surface area contributed by atoms with Gasteiger partial charge in [0.05, 0.1) is 15.9 Å². The molecule has 0 aliphatic rings. The summed E-state index contributed by atoms with van der Waals surface area (Å²) in [5.41, 5.74) is -5.38. The molecular formula is C27H47F6O5S-. The number of alkyl halides is 6. The number of carbonyl (C=O) groups excluding carboxylic acids is 1. The lowest BCUT2D eigenvalue weighted by atomic mass is 10.0. The predicted octanol–water partition coefficient (Wildman–Crippen LogP) is 9.15. The summed E-state index contributed by atoms with van der Waals surface area (Å²) in [4.78, 5) is 11.7. The van der Waals surface area contributed by atoms with Crippen LogP contribution in [0, 0.1) is 0 Å². The van der Waals surface area contributed by atoms with E-state index in [2.05, 4.69) is 11.7 Å². The van der Waals surface area contributed by atoms with Crippen molar-refractivity contribution in [1.29, 1.82) is 0 Å². The molecular weight excluding hydrogens is 550 g/mol. The van der Waals surface area contributed by atoms with Crippen LogP contribution in [0.25, 0.3) is 0 Å².